The first kappa shape index (κ1) is 11.0. The first-order valence-electron chi connectivity index (χ1n) is 3.87. The van der Waals surface area contributed by atoms with Crippen molar-refractivity contribution in [3.05, 3.63) is 33.4 Å². The molecule has 1 aromatic rings. The third-order valence-electron chi connectivity index (χ3n) is 1.73. The van der Waals surface area contributed by atoms with E-state index in [1.54, 1.807) is 28.4 Å². The smallest absolute Gasteiger partial charge is 0.340 e. The van der Waals surface area contributed by atoms with E-state index < -0.39 is 5.97 Å². The largest absolute Gasteiger partial charge is 0.496 e. The highest BCUT2D eigenvalue weighted by Crippen LogP contribution is 2.23. The Morgan fingerprint density at radius 2 is 2.29 bits per heavy atom. The fourth-order valence-corrected chi connectivity index (χ4v) is 1.54. The first-order chi connectivity index (χ1) is 6.70. The second-order valence-corrected chi connectivity index (χ2v) is 3.24. The molecule has 14 heavy (non-hydrogen) atoms. The molecule has 0 atom stereocenters. The molecule has 0 amide bonds. The van der Waals surface area contributed by atoms with Gasteiger partial charge in [-0.15, -0.1) is 0 Å². The van der Waals surface area contributed by atoms with Gasteiger partial charge in [0.1, 0.15) is 11.3 Å². The molecule has 74 valence electrons. The summed E-state index contributed by atoms with van der Waals surface area (Å²) in [6, 6.07) is 5.13. The van der Waals surface area contributed by atoms with E-state index in [4.69, 9.17) is 9.84 Å². The van der Waals surface area contributed by atoms with Gasteiger partial charge in [0.2, 0.25) is 0 Å². The highest BCUT2D eigenvalue weighted by atomic mass is 127. The minimum atomic E-state index is -0.980. The van der Waals surface area contributed by atoms with E-state index in [2.05, 4.69) is 0 Å². The predicted octanol–water partition coefficient (Wildman–Crippen LogP) is 2.80. The lowest BCUT2D eigenvalue weighted by molar-refractivity contribution is 0.0693. The molecular formula is C10H9IO3. The van der Waals surface area contributed by atoms with E-state index in [1.807, 2.05) is 22.6 Å². The maximum atomic E-state index is 11.0. The summed E-state index contributed by atoms with van der Waals surface area (Å²) in [4.78, 5) is 11.0. The number of carboxylic acids is 1. The van der Waals surface area contributed by atoms with Crippen molar-refractivity contribution < 1.29 is 14.6 Å². The molecule has 0 saturated heterocycles. The molecule has 1 N–H and O–H groups in total. The number of carbonyl (C=O) groups is 1. The summed E-state index contributed by atoms with van der Waals surface area (Å²) in [5, 5.41) is 8.99. The van der Waals surface area contributed by atoms with E-state index in [9.17, 15) is 4.79 Å². The SMILES string of the molecule is COc1cccc(/C=C/I)c1C(=O)O. The zero-order valence-corrected chi connectivity index (χ0v) is 9.69. The molecule has 0 unspecified atom stereocenters. The van der Waals surface area contributed by atoms with Gasteiger partial charge in [-0.2, -0.15) is 0 Å². The number of carboxylic acid groups (broad SMARTS) is 1. The monoisotopic (exact) mass is 304 g/mol. The van der Waals surface area contributed by atoms with Gasteiger partial charge in [-0.1, -0.05) is 34.7 Å². The van der Waals surface area contributed by atoms with Crippen molar-refractivity contribution in [1.29, 1.82) is 0 Å². The van der Waals surface area contributed by atoms with Crippen LogP contribution in [0.15, 0.2) is 22.3 Å². The lowest BCUT2D eigenvalue weighted by Gasteiger charge is -2.06. The third-order valence-corrected chi connectivity index (χ3v) is 2.09. The van der Waals surface area contributed by atoms with E-state index in [1.165, 1.54) is 7.11 Å². The molecule has 0 aliphatic heterocycles. The number of halogens is 1. The van der Waals surface area contributed by atoms with Gasteiger partial charge in [0.25, 0.3) is 0 Å². The van der Waals surface area contributed by atoms with Crippen LogP contribution in [0.4, 0.5) is 0 Å². The Labute approximate surface area is 95.5 Å². The van der Waals surface area contributed by atoms with Gasteiger partial charge in [0.15, 0.2) is 0 Å². The highest BCUT2D eigenvalue weighted by molar-refractivity contribution is 14.1. The summed E-state index contributed by atoms with van der Waals surface area (Å²) in [7, 11) is 1.46. The van der Waals surface area contributed by atoms with E-state index >= 15 is 0 Å². The van der Waals surface area contributed by atoms with Gasteiger partial charge in [0, 0.05) is 0 Å². The zero-order chi connectivity index (χ0) is 10.6. The zero-order valence-electron chi connectivity index (χ0n) is 7.53. The quantitative estimate of drug-likeness (QED) is 0.874. The molecule has 0 bridgehead atoms. The topological polar surface area (TPSA) is 46.5 Å². The van der Waals surface area contributed by atoms with Gasteiger partial charge in [0.05, 0.1) is 7.11 Å². The number of rotatable bonds is 3. The van der Waals surface area contributed by atoms with Gasteiger partial charge in [-0.05, 0) is 21.8 Å². The van der Waals surface area contributed by atoms with Crippen molar-refractivity contribution in [1.82, 2.24) is 0 Å². The van der Waals surface area contributed by atoms with Crippen molar-refractivity contribution in [3.63, 3.8) is 0 Å². The highest BCUT2D eigenvalue weighted by Gasteiger charge is 2.13. The molecule has 1 rings (SSSR count). The van der Waals surface area contributed by atoms with Gasteiger partial charge in [-0.25, -0.2) is 4.79 Å². The summed E-state index contributed by atoms with van der Waals surface area (Å²) in [6.45, 7) is 0. The van der Waals surface area contributed by atoms with Crippen LogP contribution in [0.25, 0.3) is 6.08 Å². The number of ether oxygens (including phenoxy) is 1. The van der Waals surface area contributed by atoms with Crippen molar-refractivity contribution in [2.45, 2.75) is 0 Å². The van der Waals surface area contributed by atoms with Gasteiger partial charge >= 0.3 is 5.97 Å². The molecule has 0 radical (unpaired) electrons. The molecule has 4 heteroatoms. The Bertz CT molecular complexity index is 372. The fourth-order valence-electron chi connectivity index (χ4n) is 1.15. The Morgan fingerprint density at radius 3 is 2.79 bits per heavy atom. The molecule has 3 nitrogen and oxygen atoms in total. The molecule has 0 aliphatic carbocycles. The standard InChI is InChI=1S/C10H9IO3/c1-14-8-4-2-3-7(5-6-11)9(8)10(12)13/h2-6H,1H3,(H,12,13)/b6-5+. The molecule has 0 heterocycles. The second kappa shape index (κ2) is 4.99. The van der Waals surface area contributed by atoms with Crippen molar-refractivity contribution >= 4 is 34.6 Å². The fraction of sp³-hybridized carbons (Fsp3) is 0.100. The number of hydrogen-bond donors (Lipinski definition) is 1. The van der Waals surface area contributed by atoms with Crippen LogP contribution < -0.4 is 4.74 Å². The van der Waals surface area contributed by atoms with Crippen molar-refractivity contribution in [3.8, 4) is 5.75 Å². The Balaban J connectivity index is 3.35. The number of methoxy groups -OCH3 is 1. The average molecular weight is 304 g/mol. The van der Waals surface area contributed by atoms with E-state index in [-0.39, 0.29) is 5.56 Å². The lowest BCUT2D eigenvalue weighted by Crippen LogP contribution is -2.02. The lowest BCUT2D eigenvalue weighted by atomic mass is 10.1. The minimum absolute atomic E-state index is 0.197. The molecule has 0 spiro atoms. The van der Waals surface area contributed by atoms with Crippen LogP contribution in [0.5, 0.6) is 5.75 Å². The molecular weight excluding hydrogens is 295 g/mol. The summed E-state index contributed by atoms with van der Waals surface area (Å²) >= 11 is 2.04. The van der Waals surface area contributed by atoms with Crippen molar-refractivity contribution in [2.24, 2.45) is 0 Å². The number of aromatic carboxylic acids is 1. The maximum Gasteiger partial charge on any atom is 0.340 e. The van der Waals surface area contributed by atoms with Crippen LogP contribution in [0.2, 0.25) is 0 Å². The van der Waals surface area contributed by atoms with Gasteiger partial charge in [-0.3, -0.25) is 0 Å². The Morgan fingerprint density at radius 1 is 1.57 bits per heavy atom. The first-order valence-corrected chi connectivity index (χ1v) is 5.12. The normalized spacial score (nSPS) is 10.4. The van der Waals surface area contributed by atoms with Crippen LogP contribution in [0.1, 0.15) is 15.9 Å². The van der Waals surface area contributed by atoms with Crippen LogP contribution in [-0.2, 0) is 0 Å². The van der Waals surface area contributed by atoms with Crippen LogP contribution in [-0.4, -0.2) is 18.2 Å². The van der Waals surface area contributed by atoms with Crippen LogP contribution in [0.3, 0.4) is 0 Å². The molecule has 1 aromatic carbocycles. The van der Waals surface area contributed by atoms with Crippen LogP contribution >= 0.6 is 22.6 Å². The molecule has 0 aliphatic rings. The third kappa shape index (κ3) is 2.25. The average Bonchev–Trinajstić information content (AvgIpc) is 2.17. The summed E-state index contributed by atoms with van der Waals surface area (Å²) in [6.07, 6.45) is 1.73. The van der Waals surface area contributed by atoms with E-state index in [0.717, 1.165) is 0 Å². The molecule has 0 fully saturated rings. The second-order valence-electron chi connectivity index (χ2n) is 2.52. The number of hydrogen-bond acceptors (Lipinski definition) is 2. The molecule has 0 aromatic heterocycles. The van der Waals surface area contributed by atoms with E-state index in [0.29, 0.717) is 11.3 Å². The van der Waals surface area contributed by atoms with Crippen LogP contribution in [0, 0.1) is 0 Å². The molecule has 0 saturated carbocycles. The van der Waals surface area contributed by atoms with Gasteiger partial charge < -0.3 is 9.84 Å². The Hall–Kier alpha value is -1.04. The Kier molecular flexibility index (Phi) is 3.94. The summed E-state index contributed by atoms with van der Waals surface area (Å²) < 4.78 is 6.74. The predicted molar refractivity (Wildman–Crippen MR) is 63.0 cm³/mol. The minimum Gasteiger partial charge on any atom is -0.496 e. The number of benzene rings is 1. The summed E-state index contributed by atoms with van der Waals surface area (Å²) in [5.74, 6) is -0.601. The summed E-state index contributed by atoms with van der Waals surface area (Å²) in [5.41, 5.74) is 0.842. The maximum absolute atomic E-state index is 11.0. The van der Waals surface area contributed by atoms with Crippen molar-refractivity contribution in [2.75, 3.05) is 7.11 Å².